The van der Waals surface area contributed by atoms with Crippen molar-refractivity contribution < 1.29 is 9.90 Å². The Kier molecular flexibility index (Phi) is 3.52. The molecule has 0 fully saturated rings. The van der Waals surface area contributed by atoms with Crippen LogP contribution in [-0.2, 0) is 0 Å². The second kappa shape index (κ2) is 5.27. The minimum Gasteiger partial charge on any atom is -0.394 e. The van der Waals surface area contributed by atoms with Gasteiger partial charge in [-0.05, 0) is 5.56 Å². The number of carbonyl (C=O) groups is 1. The average Bonchev–Trinajstić information content (AvgIpc) is 2.90. The SMILES string of the molecule is O=C(N[C@H](CO)c1ccccc1)c1cn[nH]c1. The highest BCUT2D eigenvalue weighted by Gasteiger charge is 2.14. The maximum atomic E-state index is 11.8. The molecule has 5 heteroatoms. The van der Waals surface area contributed by atoms with Crippen LogP contribution in [0.4, 0.5) is 0 Å². The number of amides is 1. The molecule has 0 unspecified atom stereocenters. The lowest BCUT2D eigenvalue weighted by Gasteiger charge is -2.15. The minimum atomic E-state index is -0.404. The predicted octanol–water partition coefficient (Wildman–Crippen LogP) is 0.873. The van der Waals surface area contributed by atoms with Crippen LogP contribution in [0.25, 0.3) is 0 Å². The van der Waals surface area contributed by atoms with E-state index in [-0.39, 0.29) is 12.5 Å². The van der Waals surface area contributed by atoms with Crippen molar-refractivity contribution in [1.82, 2.24) is 15.5 Å². The smallest absolute Gasteiger partial charge is 0.255 e. The number of aliphatic hydroxyl groups excluding tert-OH is 1. The van der Waals surface area contributed by atoms with Crippen molar-refractivity contribution in [2.24, 2.45) is 0 Å². The summed E-state index contributed by atoms with van der Waals surface area (Å²) < 4.78 is 0. The van der Waals surface area contributed by atoms with Gasteiger partial charge in [0.25, 0.3) is 5.91 Å². The van der Waals surface area contributed by atoms with Crippen LogP contribution in [0.2, 0.25) is 0 Å². The number of hydrogen-bond donors (Lipinski definition) is 3. The van der Waals surface area contributed by atoms with Crippen molar-refractivity contribution in [3.8, 4) is 0 Å². The fourth-order valence-corrected chi connectivity index (χ4v) is 1.54. The van der Waals surface area contributed by atoms with Gasteiger partial charge in [-0.15, -0.1) is 0 Å². The third-order valence-corrected chi connectivity index (χ3v) is 2.45. The van der Waals surface area contributed by atoms with Crippen LogP contribution < -0.4 is 5.32 Å². The maximum Gasteiger partial charge on any atom is 0.255 e. The first-order chi connectivity index (χ1) is 8.31. The lowest BCUT2D eigenvalue weighted by molar-refractivity contribution is 0.0916. The van der Waals surface area contributed by atoms with E-state index < -0.39 is 6.04 Å². The van der Waals surface area contributed by atoms with Gasteiger partial charge >= 0.3 is 0 Å². The zero-order chi connectivity index (χ0) is 12.1. The molecule has 0 spiro atoms. The van der Waals surface area contributed by atoms with E-state index in [9.17, 15) is 9.90 Å². The van der Waals surface area contributed by atoms with Gasteiger partial charge in [0.2, 0.25) is 0 Å². The average molecular weight is 231 g/mol. The zero-order valence-electron chi connectivity index (χ0n) is 9.13. The molecule has 1 aromatic heterocycles. The fourth-order valence-electron chi connectivity index (χ4n) is 1.54. The Hall–Kier alpha value is -2.14. The van der Waals surface area contributed by atoms with Crippen LogP contribution in [0.3, 0.4) is 0 Å². The predicted molar refractivity (Wildman–Crippen MR) is 62.3 cm³/mol. The number of rotatable bonds is 4. The molecule has 2 rings (SSSR count). The van der Waals surface area contributed by atoms with E-state index in [0.717, 1.165) is 5.56 Å². The number of aromatic amines is 1. The van der Waals surface area contributed by atoms with Gasteiger partial charge in [-0.2, -0.15) is 5.10 Å². The van der Waals surface area contributed by atoms with E-state index in [1.165, 1.54) is 12.4 Å². The number of H-pyrrole nitrogens is 1. The standard InChI is InChI=1S/C12H13N3O2/c16-8-11(9-4-2-1-3-5-9)15-12(17)10-6-13-14-7-10/h1-7,11,16H,8H2,(H,13,14)(H,15,17)/t11-/m1/s1. The number of aromatic nitrogens is 2. The lowest BCUT2D eigenvalue weighted by Crippen LogP contribution is -2.30. The Morgan fingerprint density at radius 2 is 2.18 bits per heavy atom. The van der Waals surface area contributed by atoms with Crippen molar-refractivity contribution in [2.75, 3.05) is 6.61 Å². The monoisotopic (exact) mass is 231 g/mol. The highest BCUT2D eigenvalue weighted by Crippen LogP contribution is 2.12. The molecule has 1 amide bonds. The summed E-state index contributed by atoms with van der Waals surface area (Å²) in [5.74, 6) is -0.262. The molecule has 1 atom stereocenters. The molecule has 5 nitrogen and oxygen atoms in total. The van der Waals surface area contributed by atoms with Gasteiger partial charge in [0.15, 0.2) is 0 Å². The number of aliphatic hydroxyl groups is 1. The van der Waals surface area contributed by atoms with Crippen LogP contribution >= 0.6 is 0 Å². The Labute approximate surface area is 98.5 Å². The number of hydrogen-bond acceptors (Lipinski definition) is 3. The topological polar surface area (TPSA) is 78.0 Å². The second-order valence-electron chi connectivity index (χ2n) is 3.61. The molecule has 1 heterocycles. The van der Waals surface area contributed by atoms with Gasteiger partial charge in [-0.25, -0.2) is 0 Å². The summed E-state index contributed by atoms with van der Waals surface area (Å²) in [7, 11) is 0. The molecule has 2 aromatic rings. The van der Waals surface area contributed by atoms with Crippen molar-refractivity contribution in [3.05, 3.63) is 53.9 Å². The molecule has 0 saturated carbocycles. The Morgan fingerprint density at radius 3 is 2.76 bits per heavy atom. The van der Waals surface area contributed by atoms with Crippen molar-refractivity contribution >= 4 is 5.91 Å². The molecule has 1 aromatic carbocycles. The molecule has 0 aliphatic carbocycles. The molecule has 0 bridgehead atoms. The van der Waals surface area contributed by atoms with Crippen LogP contribution in [0, 0.1) is 0 Å². The lowest BCUT2D eigenvalue weighted by atomic mass is 10.1. The number of nitrogens with zero attached hydrogens (tertiary/aromatic N) is 1. The van der Waals surface area contributed by atoms with Gasteiger partial charge in [0.05, 0.1) is 24.4 Å². The fraction of sp³-hybridized carbons (Fsp3) is 0.167. The zero-order valence-corrected chi connectivity index (χ0v) is 9.13. The van der Waals surface area contributed by atoms with Crippen LogP contribution in [0.5, 0.6) is 0 Å². The molecule has 0 saturated heterocycles. The van der Waals surface area contributed by atoms with Crippen LogP contribution in [-0.4, -0.2) is 27.8 Å². The van der Waals surface area contributed by atoms with Crippen molar-refractivity contribution in [3.63, 3.8) is 0 Å². The molecular weight excluding hydrogens is 218 g/mol. The number of nitrogens with one attached hydrogen (secondary N) is 2. The normalized spacial score (nSPS) is 12.1. The number of benzene rings is 1. The molecular formula is C12H13N3O2. The first-order valence-corrected chi connectivity index (χ1v) is 5.26. The van der Waals surface area contributed by atoms with Crippen LogP contribution in [0.15, 0.2) is 42.7 Å². The van der Waals surface area contributed by atoms with Crippen molar-refractivity contribution in [2.45, 2.75) is 6.04 Å². The van der Waals surface area contributed by atoms with Gasteiger partial charge in [0, 0.05) is 6.20 Å². The first-order valence-electron chi connectivity index (χ1n) is 5.26. The van der Waals surface area contributed by atoms with E-state index in [0.29, 0.717) is 5.56 Å². The molecule has 88 valence electrons. The molecule has 0 radical (unpaired) electrons. The third-order valence-electron chi connectivity index (χ3n) is 2.45. The summed E-state index contributed by atoms with van der Waals surface area (Å²) in [4.78, 5) is 11.8. The molecule has 0 aliphatic rings. The van der Waals surface area contributed by atoms with Crippen molar-refractivity contribution in [1.29, 1.82) is 0 Å². The Balaban J connectivity index is 2.09. The summed E-state index contributed by atoms with van der Waals surface area (Å²) in [6.07, 6.45) is 2.95. The highest BCUT2D eigenvalue weighted by molar-refractivity contribution is 5.93. The van der Waals surface area contributed by atoms with Gasteiger partial charge in [0.1, 0.15) is 0 Å². The third kappa shape index (κ3) is 2.70. The van der Waals surface area contributed by atoms with Crippen LogP contribution in [0.1, 0.15) is 22.0 Å². The van der Waals surface area contributed by atoms with E-state index in [1.54, 1.807) is 0 Å². The Bertz CT molecular complexity index is 468. The maximum absolute atomic E-state index is 11.8. The summed E-state index contributed by atoms with van der Waals surface area (Å²) in [5.41, 5.74) is 1.31. The summed E-state index contributed by atoms with van der Waals surface area (Å²) in [6.45, 7) is -0.145. The van der Waals surface area contributed by atoms with E-state index in [4.69, 9.17) is 0 Å². The van der Waals surface area contributed by atoms with E-state index in [1.807, 2.05) is 30.3 Å². The molecule has 17 heavy (non-hydrogen) atoms. The van der Waals surface area contributed by atoms with E-state index in [2.05, 4.69) is 15.5 Å². The van der Waals surface area contributed by atoms with Gasteiger partial charge in [-0.1, -0.05) is 30.3 Å². The highest BCUT2D eigenvalue weighted by atomic mass is 16.3. The second-order valence-corrected chi connectivity index (χ2v) is 3.61. The first kappa shape index (κ1) is 11.3. The van der Waals surface area contributed by atoms with E-state index >= 15 is 0 Å². The van der Waals surface area contributed by atoms with Gasteiger partial charge < -0.3 is 10.4 Å². The molecule has 3 N–H and O–H groups in total. The van der Waals surface area contributed by atoms with Gasteiger partial charge in [-0.3, -0.25) is 9.89 Å². The summed E-state index contributed by atoms with van der Waals surface area (Å²) in [5, 5.41) is 18.3. The molecule has 0 aliphatic heterocycles. The number of carbonyl (C=O) groups excluding carboxylic acids is 1. The minimum absolute atomic E-state index is 0.145. The Morgan fingerprint density at radius 1 is 1.41 bits per heavy atom. The quantitative estimate of drug-likeness (QED) is 0.730. The summed E-state index contributed by atoms with van der Waals surface area (Å²) >= 11 is 0. The largest absolute Gasteiger partial charge is 0.394 e. The summed E-state index contributed by atoms with van der Waals surface area (Å²) in [6, 6.07) is 8.92.